The van der Waals surface area contributed by atoms with E-state index in [1.165, 1.54) is 35.6 Å². The summed E-state index contributed by atoms with van der Waals surface area (Å²) in [5, 5.41) is 15.6. The molecular weight excluding hydrogens is 535 g/mol. The number of alkyl halides is 3. The lowest BCUT2D eigenvalue weighted by Gasteiger charge is -2.30. The van der Waals surface area contributed by atoms with Gasteiger partial charge < -0.3 is 10.4 Å². The first-order valence-electron chi connectivity index (χ1n) is 9.82. The number of nitrogens with zero attached hydrogens (tertiary/aromatic N) is 2. The van der Waals surface area contributed by atoms with Gasteiger partial charge in [-0.2, -0.15) is 17.5 Å². The van der Waals surface area contributed by atoms with Gasteiger partial charge in [-0.25, -0.2) is 13.4 Å². The normalized spacial score (nSPS) is 19.4. The van der Waals surface area contributed by atoms with Crippen molar-refractivity contribution in [3.63, 3.8) is 0 Å². The summed E-state index contributed by atoms with van der Waals surface area (Å²) in [6.45, 7) is -0.123. The molecule has 1 atom stereocenters. The number of aromatic nitrogens is 1. The van der Waals surface area contributed by atoms with Gasteiger partial charge in [-0.3, -0.25) is 4.79 Å². The van der Waals surface area contributed by atoms with Crippen LogP contribution in [0.4, 0.5) is 13.2 Å². The van der Waals surface area contributed by atoms with Crippen molar-refractivity contribution in [1.29, 1.82) is 0 Å². The van der Waals surface area contributed by atoms with E-state index in [2.05, 4.69) is 10.3 Å². The third kappa shape index (κ3) is 4.86. The third-order valence-electron chi connectivity index (χ3n) is 5.22. The zero-order valence-electron chi connectivity index (χ0n) is 17.2. The van der Waals surface area contributed by atoms with Gasteiger partial charge in [-0.05, 0) is 30.7 Å². The average molecular weight is 552 g/mol. The highest BCUT2D eigenvalue weighted by atomic mass is 35.5. The van der Waals surface area contributed by atoms with Crippen LogP contribution >= 0.6 is 34.3 Å². The molecular formula is C20H17ClF3N3O4S3. The Bertz CT molecular complexity index is 1310. The molecule has 1 fully saturated rings. The molecule has 0 saturated carbocycles. The molecule has 2 N–H and O–H groups in total. The van der Waals surface area contributed by atoms with Gasteiger partial charge in [0.15, 0.2) is 0 Å². The Morgan fingerprint density at radius 2 is 1.94 bits per heavy atom. The summed E-state index contributed by atoms with van der Waals surface area (Å²) in [7, 11) is -4.14. The van der Waals surface area contributed by atoms with Crippen LogP contribution in [-0.2, 0) is 27.5 Å². The number of thiazole rings is 1. The smallest absolute Gasteiger partial charge is 0.366 e. The van der Waals surface area contributed by atoms with E-state index in [9.17, 15) is 31.5 Å². The van der Waals surface area contributed by atoms with Crippen LogP contribution in [0.15, 0.2) is 46.0 Å². The predicted molar refractivity (Wildman–Crippen MR) is 122 cm³/mol. The van der Waals surface area contributed by atoms with Crippen LogP contribution in [-0.4, -0.2) is 41.0 Å². The number of aliphatic hydroxyl groups is 1. The van der Waals surface area contributed by atoms with Crippen LogP contribution in [0.25, 0.3) is 11.3 Å². The molecule has 1 aliphatic heterocycles. The van der Waals surface area contributed by atoms with Crippen molar-refractivity contribution >= 4 is 50.2 Å². The van der Waals surface area contributed by atoms with E-state index in [0.717, 1.165) is 27.8 Å². The lowest BCUT2D eigenvalue weighted by Crippen LogP contribution is -2.57. The fourth-order valence-electron chi connectivity index (χ4n) is 3.52. The highest BCUT2D eigenvalue weighted by molar-refractivity contribution is 7.91. The van der Waals surface area contributed by atoms with Crippen molar-refractivity contribution in [1.82, 2.24) is 14.6 Å². The monoisotopic (exact) mass is 551 g/mol. The van der Waals surface area contributed by atoms with E-state index >= 15 is 0 Å². The van der Waals surface area contributed by atoms with Crippen molar-refractivity contribution in [2.75, 3.05) is 6.54 Å². The Morgan fingerprint density at radius 3 is 2.56 bits per heavy atom. The Kier molecular flexibility index (Phi) is 6.79. The number of halogens is 4. The molecule has 1 aromatic carbocycles. The van der Waals surface area contributed by atoms with Crippen LogP contribution in [0.1, 0.15) is 23.4 Å². The predicted octanol–water partition coefficient (Wildman–Crippen LogP) is 4.33. The molecule has 14 heteroatoms. The zero-order valence-corrected chi connectivity index (χ0v) is 20.4. The quantitative estimate of drug-likeness (QED) is 0.475. The van der Waals surface area contributed by atoms with Crippen molar-refractivity contribution < 1.29 is 31.5 Å². The van der Waals surface area contributed by atoms with Crippen LogP contribution in [0.3, 0.4) is 0 Å². The second-order valence-electron chi connectivity index (χ2n) is 7.44. The number of carbonyl (C=O) groups is 1. The number of hydrogen-bond donors (Lipinski definition) is 2. The fourth-order valence-corrected chi connectivity index (χ4v) is 7.54. The maximum Gasteiger partial charge on any atom is 0.416 e. The molecule has 0 unspecified atom stereocenters. The lowest BCUT2D eigenvalue weighted by molar-refractivity contribution is -0.149. The molecule has 1 amide bonds. The SMILES string of the molecule is O=C(NCc1nc(-c2ccc(C(F)(F)F)cc2)cs1)[C@@]1(O)CCCN1S(=O)(=O)c1ccc(Cl)s1. The maximum atomic E-state index is 12.9. The summed E-state index contributed by atoms with van der Waals surface area (Å²) in [6.07, 6.45) is -4.23. The van der Waals surface area contributed by atoms with Gasteiger partial charge in [-0.15, -0.1) is 22.7 Å². The topological polar surface area (TPSA) is 99.6 Å². The highest BCUT2D eigenvalue weighted by Gasteiger charge is 2.52. The van der Waals surface area contributed by atoms with E-state index in [0.29, 0.717) is 16.3 Å². The van der Waals surface area contributed by atoms with Crippen molar-refractivity contribution in [3.8, 4) is 11.3 Å². The average Bonchev–Trinajstić information content (AvgIpc) is 3.52. The first-order valence-corrected chi connectivity index (χ1v) is 13.3. The summed E-state index contributed by atoms with van der Waals surface area (Å²) in [5.41, 5.74) is -2.12. The molecule has 0 radical (unpaired) electrons. The van der Waals surface area contributed by atoms with Gasteiger partial charge in [0.25, 0.3) is 15.9 Å². The molecule has 1 aliphatic rings. The Labute approximate surface area is 205 Å². The largest absolute Gasteiger partial charge is 0.416 e. The minimum Gasteiger partial charge on any atom is -0.366 e. The first kappa shape index (κ1) is 25.1. The molecule has 182 valence electrons. The van der Waals surface area contributed by atoms with Gasteiger partial charge in [0.2, 0.25) is 5.72 Å². The molecule has 4 rings (SSSR count). The number of nitrogens with one attached hydrogen (secondary N) is 1. The highest BCUT2D eigenvalue weighted by Crippen LogP contribution is 2.36. The van der Waals surface area contributed by atoms with E-state index in [-0.39, 0.29) is 34.5 Å². The van der Waals surface area contributed by atoms with Gasteiger partial charge in [0, 0.05) is 23.9 Å². The number of hydrogen-bond acceptors (Lipinski definition) is 7. The molecule has 3 heterocycles. The van der Waals surface area contributed by atoms with Crippen molar-refractivity contribution in [3.05, 3.63) is 56.7 Å². The number of thiophene rings is 1. The molecule has 0 aliphatic carbocycles. The van der Waals surface area contributed by atoms with Gasteiger partial charge in [-0.1, -0.05) is 23.7 Å². The number of rotatable bonds is 6. The van der Waals surface area contributed by atoms with E-state index in [4.69, 9.17) is 11.6 Å². The molecule has 0 bridgehead atoms. The number of sulfonamides is 1. The van der Waals surface area contributed by atoms with Gasteiger partial charge in [0.05, 0.1) is 22.1 Å². The van der Waals surface area contributed by atoms with E-state index < -0.39 is 33.4 Å². The first-order chi connectivity index (χ1) is 15.9. The molecule has 34 heavy (non-hydrogen) atoms. The summed E-state index contributed by atoms with van der Waals surface area (Å²) >= 11 is 7.83. The number of benzene rings is 1. The standard InChI is InChI=1S/C20H17ClF3N3O4S3/c21-15-6-7-17(33-15)34(30,31)27-9-1-8-19(27,29)18(28)25-10-16-26-14(11-32-16)12-2-4-13(5-3-12)20(22,23)24/h2-7,11,29H,1,8-10H2,(H,25,28)/t19-/m0/s1. The summed E-state index contributed by atoms with van der Waals surface area (Å²) in [6, 6.07) is 7.27. The Hall–Kier alpha value is -2.03. The van der Waals surface area contributed by atoms with Crippen LogP contribution in [0.2, 0.25) is 4.34 Å². The number of carbonyl (C=O) groups excluding carboxylic acids is 1. The molecule has 1 saturated heterocycles. The Morgan fingerprint density at radius 1 is 1.24 bits per heavy atom. The third-order valence-corrected chi connectivity index (χ3v) is 9.68. The zero-order chi connectivity index (χ0) is 24.7. The lowest BCUT2D eigenvalue weighted by atomic mass is 10.1. The Balaban J connectivity index is 1.45. The second kappa shape index (κ2) is 9.21. The fraction of sp³-hybridized carbons (Fsp3) is 0.300. The summed E-state index contributed by atoms with van der Waals surface area (Å²) in [5.74, 6) is -0.887. The van der Waals surface area contributed by atoms with Crippen LogP contribution < -0.4 is 5.32 Å². The van der Waals surface area contributed by atoms with E-state index in [1.54, 1.807) is 5.38 Å². The molecule has 3 aromatic rings. The molecule has 7 nitrogen and oxygen atoms in total. The minimum atomic E-state index is -4.44. The number of amides is 1. The van der Waals surface area contributed by atoms with Gasteiger partial charge >= 0.3 is 6.18 Å². The van der Waals surface area contributed by atoms with Crippen LogP contribution in [0, 0.1) is 0 Å². The van der Waals surface area contributed by atoms with Crippen molar-refractivity contribution in [2.45, 2.75) is 35.5 Å². The van der Waals surface area contributed by atoms with Crippen molar-refractivity contribution in [2.24, 2.45) is 0 Å². The summed E-state index contributed by atoms with van der Waals surface area (Å²) < 4.78 is 65.1. The molecule has 0 spiro atoms. The minimum absolute atomic E-state index is 0.0307. The summed E-state index contributed by atoms with van der Waals surface area (Å²) in [4.78, 5) is 17.1. The van der Waals surface area contributed by atoms with E-state index in [1.807, 2.05) is 0 Å². The van der Waals surface area contributed by atoms with Crippen LogP contribution in [0.5, 0.6) is 0 Å². The maximum absolute atomic E-state index is 12.9. The molecule has 2 aromatic heterocycles. The second-order valence-corrected chi connectivity index (χ2v) is 12.2. The van der Waals surface area contributed by atoms with Gasteiger partial charge in [0.1, 0.15) is 9.22 Å².